The monoisotopic (exact) mass is 484 g/mol. The Bertz CT molecular complexity index is 1130. The summed E-state index contributed by atoms with van der Waals surface area (Å²) < 4.78 is 13.4. The fourth-order valence-corrected chi connectivity index (χ4v) is 4.47. The van der Waals surface area contributed by atoms with Crippen LogP contribution in [0.25, 0.3) is 10.4 Å². The maximum atomic E-state index is 12.8. The van der Waals surface area contributed by atoms with E-state index in [0.29, 0.717) is 16.1 Å². The molecule has 0 fully saturated rings. The van der Waals surface area contributed by atoms with Gasteiger partial charge in [-0.3, -0.25) is 4.79 Å². The highest BCUT2D eigenvalue weighted by Crippen LogP contribution is 2.38. The van der Waals surface area contributed by atoms with Crippen molar-refractivity contribution in [2.24, 2.45) is 0 Å². The third-order valence-electron chi connectivity index (χ3n) is 4.59. The summed E-state index contributed by atoms with van der Waals surface area (Å²) in [7, 11) is 1.54. The highest BCUT2D eigenvalue weighted by molar-refractivity contribution is 7.99. The Morgan fingerprint density at radius 2 is 1.76 bits per heavy atom. The summed E-state index contributed by atoms with van der Waals surface area (Å²) in [5.74, 6) is -1.59. The molecule has 1 aromatic heterocycles. The Kier molecular flexibility index (Phi) is 8.51. The summed E-state index contributed by atoms with van der Waals surface area (Å²) in [5.41, 5.74) is 2.30. The van der Waals surface area contributed by atoms with E-state index >= 15 is 0 Å². The van der Waals surface area contributed by atoms with Gasteiger partial charge in [0.05, 0.1) is 17.7 Å². The van der Waals surface area contributed by atoms with Crippen molar-refractivity contribution < 1.29 is 23.9 Å². The molecule has 0 saturated carbocycles. The molecule has 3 aromatic rings. The molecule has 0 atom stereocenters. The lowest BCUT2D eigenvalue weighted by atomic mass is 10.1. The largest absolute Gasteiger partial charge is 0.462 e. The van der Waals surface area contributed by atoms with Crippen LogP contribution >= 0.6 is 23.3 Å². The SMILES string of the molecule is CCOC(=O)c1cc(-c2ccccc2)sc1N(C)C(=O)COC(=O)c1cccc(NSC)c1. The molecule has 0 radical (unpaired) electrons. The Labute approximate surface area is 200 Å². The third-order valence-corrected chi connectivity index (χ3v) is 6.29. The van der Waals surface area contributed by atoms with Gasteiger partial charge in [0.2, 0.25) is 0 Å². The lowest BCUT2D eigenvalue weighted by molar-refractivity contribution is -0.121. The first-order valence-corrected chi connectivity index (χ1v) is 12.2. The second-order valence-corrected chi connectivity index (χ2v) is 8.47. The number of anilines is 2. The molecular weight excluding hydrogens is 460 g/mol. The van der Waals surface area contributed by atoms with E-state index in [2.05, 4.69) is 4.72 Å². The standard InChI is InChI=1S/C24H24N2O5S2/c1-4-30-24(29)19-14-20(16-9-6-5-7-10-16)33-22(19)26(2)21(27)15-31-23(28)17-11-8-12-18(13-17)25-32-3/h5-14,25H,4,15H2,1-3H3. The normalized spacial score (nSPS) is 10.4. The van der Waals surface area contributed by atoms with Crippen LogP contribution in [0.4, 0.5) is 10.7 Å². The van der Waals surface area contributed by atoms with Crippen LogP contribution in [0.5, 0.6) is 0 Å². The number of carbonyl (C=O) groups excluding carboxylic acids is 3. The Hall–Kier alpha value is -3.30. The zero-order chi connectivity index (χ0) is 23.8. The number of likely N-dealkylation sites (N-methyl/N-ethyl adjacent to an activating group) is 1. The smallest absolute Gasteiger partial charge is 0.341 e. The van der Waals surface area contributed by atoms with E-state index in [4.69, 9.17) is 9.47 Å². The molecule has 172 valence electrons. The van der Waals surface area contributed by atoms with Crippen molar-refractivity contribution >= 4 is 51.8 Å². The number of esters is 2. The van der Waals surface area contributed by atoms with E-state index in [0.717, 1.165) is 16.1 Å². The second kappa shape index (κ2) is 11.5. The average molecular weight is 485 g/mol. The zero-order valence-electron chi connectivity index (χ0n) is 18.5. The van der Waals surface area contributed by atoms with Gasteiger partial charge in [0, 0.05) is 23.9 Å². The molecule has 1 heterocycles. The molecule has 3 rings (SSSR count). The van der Waals surface area contributed by atoms with E-state index in [9.17, 15) is 14.4 Å². The van der Waals surface area contributed by atoms with Gasteiger partial charge in [-0.05, 0) is 36.8 Å². The lowest BCUT2D eigenvalue weighted by Gasteiger charge is -2.17. The molecule has 0 unspecified atom stereocenters. The summed E-state index contributed by atoms with van der Waals surface area (Å²) in [6, 6.07) is 18.1. The Morgan fingerprint density at radius 3 is 2.45 bits per heavy atom. The molecule has 0 aliphatic heterocycles. The molecule has 9 heteroatoms. The first-order valence-electron chi connectivity index (χ1n) is 10.1. The molecular formula is C24H24N2O5S2. The molecule has 1 amide bonds. The highest BCUT2D eigenvalue weighted by atomic mass is 32.2. The van der Waals surface area contributed by atoms with E-state index in [1.54, 1.807) is 38.2 Å². The van der Waals surface area contributed by atoms with Crippen molar-refractivity contribution in [2.45, 2.75) is 6.92 Å². The number of nitrogens with zero attached hydrogens (tertiary/aromatic N) is 1. The maximum absolute atomic E-state index is 12.8. The molecule has 0 aliphatic carbocycles. The molecule has 0 spiro atoms. The average Bonchev–Trinajstić information content (AvgIpc) is 3.28. The Balaban J connectivity index is 1.76. The van der Waals surface area contributed by atoms with Crippen LogP contribution in [0.3, 0.4) is 0 Å². The van der Waals surface area contributed by atoms with Gasteiger partial charge in [0.1, 0.15) is 5.00 Å². The van der Waals surface area contributed by atoms with Crippen LogP contribution in [0.2, 0.25) is 0 Å². The lowest BCUT2D eigenvalue weighted by Crippen LogP contribution is -2.31. The molecule has 0 saturated heterocycles. The molecule has 33 heavy (non-hydrogen) atoms. The van der Waals surface area contributed by atoms with E-state index in [1.807, 2.05) is 42.7 Å². The number of rotatable bonds is 9. The zero-order valence-corrected chi connectivity index (χ0v) is 20.1. The topological polar surface area (TPSA) is 84.9 Å². The first-order chi connectivity index (χ1) is 15.9. The highest BCUT2D eigenvalue weighted by Gasteiger charge is 2.25. The van der Waals surface area contributed by atoms with E-state index in [-0.39, 0.29) is 6.61 Å². The third kappa shape index (κ3) is 6.15. The number of benzene rings is 2. The van der Waals surface area contributed by atoms with Gasteiger partial charge in [-0.2, -0.15) is 0 Å². The van der Waals surface area contributed by atoms with Gasteiger partial charge in [-0.15, -0.1) is 11.3 Å². The molecule has 0 aliphatic rings. The van der Waals surface area contributed by atoms with Gasteiger partial charge in [0.25, 0.3) is 5.91 Å². The minimum absolute atomic E-state index is 0.217. The van der Waals surface area contributed by atoms with E-state index in [1.165, 1.54) is 28.2 Å². The van der Waals surface area contributed by atoms with Crippen molar-refractivity contribution in [2.75, 3.05) is 36.1 Å². The van der Waals surface area contributed by atoms with Crippen LogP contribution in [-0.2, 0) is 14.3 Å². The first kappa shape index (κ1) is 24.3. The number of nitrogens with one attached hydrogen (secondary N) is 1. The van der Waals surface area contributed by atoms with Crippen LogP contribution in [0.1, 0.15) is 27.6 Å². The summed E-state index contributed by atoms with van der Waals surface area (Å²) in [5, 5.41) is 0.430. The van der Waals surface area contributed by atoms with Gasteiger partial charge >= 0.3 is 11.9 Å². The maximum Gasteiger partial charge on any atom is 0.341 e. The number of amides is 1. The predicted molar refractivity (Wildman–Crippen MR) is 133 cm³/mol. The molecule has 1 N–H and O–H groups in total. The minimum Gasteiger partial charge on any atom is -0.462 e. The quantitative estimate of drug-likeness (QED) is 0.334. The van der Waals surface area contributed by atoms with Crippen molar-refractivity contribution in [3.05, 3.63) is 71.8 Å². The fraction of sp³-hybridized carbons (Fsp3) is 0.208. The van der Waals surface area contributed by atoms with Crippen molar-refractivity contribution in [3.8, 4) is 10.4 Å². The van der Waals surface area contributed by atoms with Gasteiger partial charge < -0.3 is 19.1 Å². The van der Waals surface area contributed by atoms with Crippen LogP contribution in [0.15, 0.2) is 60.7 Å². The number of hydrogen-bond donors (Lipinski definition) is 1. The van der Waals surface area contributed by atoms with Gasteiger partial charge in [-0.25, -0.2) is 9.59 Å². The second-order valence-electron chi connectivity index (χ2n) is 6.83. The summed E-state index contributed by atoms with van der Waals surface area (Å²) >= 11 is 2.70. The Morgan fingerprint density at radius 1 is 1.00 bits per heavy atom. The summed E-state index contributed by atoms with van der Waals surface area (Å²) in [6.07, 6.45) is 1.87. The minimum atomic E-state index is -0.608. The van der Waals surface area contributed by atoms with Crippen LogP contribution in [0, 0.1) is 0 Å². The van der Waals surface area contributed by atoms with Crippen LogP contribution < -0.4 is 9.62 Å². The molecule has 7 nitrogen and oxygen atoms in total. The van der Waals surface area contributed by atoms with Gasteiger partial charge in [0.15, 0.2) is 6.61 Å². The number of carbonyl (C=O) groups is 3. The van der Waals surface area contributed by atoms with Gasteiger partial charge in [-0.1, -0.05) is 48.3 Å². The number of ether oxygens (including phenoxy) is 2. The predicted octanol–water partition coefficient (Wildman–Crippen LogP) is 5.10. The van der Waals surface area contributed by atoms with Crippen molar-refractivity contribution in [1.29, 1.82) is 0 Å². The number of hydrogen-bond acceptors (Lipinski definition) is 8. The van der Waals surface area contributed by atoms with Crippen LogP contribution in [-0.4, -0.2) is 44.4 Å². The fourth-order valence-electron chi connectivity index (χ4n) is 2.98. The summed E-state index contributed by atoms with van der Waals surface area (Å²) in [4.78, 5) is 39.9. The van der Waals surface area contributed by atoms with Crippen molar-refractivity contribution in [3.63, 3.8) is 0 Å². The number of thiophene rings is 1. The van der Waals surface area contributed by atoms with E-state index < -0.39 is 24.5 Å². The molecule has 0 bridgehead atoms. The summed E-state index contributed by atoms with van der Waals surface area (Å²) in [6.45, 7) is 1.48. The van der Waals surface area contributed by atoms with Crippen molar-refractivity contribution in [1.82, 2.24) is 0 Å². The molecule has 2 aromatic carbocycles.